The second-order valence-corrected chi connectivity index (χ2v) is 3.52. The van der Waals surface area contributed by atoms with Gasteiger partial charge in [-0.2, -0.15) is 0 Å². The van der Waals surface area contributed by atoms with Crippen molar-refractivity contribution in [2.75, 3.05) is 27.2 Å². The Hall–Kier alpha value is -0.860. The van der Waals surface area contributed by atoms with E-state index < -0.39 is 0 Å². The zero-order chi connectivity index (χ0) is 12.2. The van der Waals surface area contributed by atoms with E-state index >= 15 is 0 Å². The Balaban J connectivity index is 0.00000106. The highest BCUT2D eigenvalue weighted by molar-refractivity contribution is 5.23. The van der Waals surface area contributed by atoms with Gasteiger partial charge in [-0.15, -0.1) is 0 Å². The highest BCUT2D eigenvalue weighted by atomic mass is 14.8. The van der Waals surface area contributed by atoms with Gasteiger partial charge in [-0.25, -0.2) is 0 Å². The first-order valence-electron chi connectivity index (χ1n) is 6.24. The van der Waals surface area contributed by atoms with Gasteiger partial charge in [-0.1, -0.05) is 38.1 Å². The molecule has 1 rings (SSSR count). The van der Waals surface area contributed by atoms with Crippen molar-refractivity contribution in [1.82, 2.24) is 10.6 Å². The molecule has 0 unspecified atom stereocenters. The van der Waals surface area contributed by atoms with Gasteiger partial charge in [-0.3, -0.25) is 0 Å². The second kappa shape index (κ2) is 10.7. The Kier molecular flexibility index (Phi) is 10.1. The first kappa shape index (κ1) is 15.1. The number of rotatable bonds is 6. The van der Waals surface area contributed by atoms with Gasteiger partial charge >= 0.3 is 0 Å². The van der Waals surface area contributed by atoms with Crippen LogP contribution >= 0.6 is 0 Å². The lowest BCUT2D eigenvalue weighted by Crippen LogP contribution is -2.11. The van der Waals surface area contributed by atoms with Crippen molar-refractivity contribution < 1.29 is 0 Å². The van der Waals surface area contributed by atoms with Crippen molar-refractivity contribution in [1.29, 1.82) is 0 Å². The SMILES string of the molecule is CC.CNCCc1ccc(CCNC)cc1. The molecule has 2 N–H and O–H groups in total. The number of nitrogens with one attached hydrogen (secondary N) is 2. The summed E-state index contributed by atoms with van der Waals surface area (Å²) in [4.78, 5) is 0. The number of likely N-dealkylation sites (N-methyl/N-ethyl adjacent to an activating group) is 2. The molecule has 0 fully saturated rings. The van der Waals surface area contributed by atoms with E-state index in [4.69, 9.17) is 0 Å². The Morgan fingerprint density at radius 3 is 1.31 bits per heavy atom. The Morgan fingerprint density at radius 1 is 0.750 bits per heavy atom. The molecule has 2 nitrogen and oxygen atoms in total. The van der Waals surface area contributed by atoms with Crippen LogP contribution in [-0.4, -0.2) is 27.2 Å². The van der Waals surface area contributed by atoms with Gasteiger partial charge in [-0.05, 0) is 51.2 Å². The van der Waals surface area contributed by atoms with Gasteiger partial charge in [0.25, 0.3) is 0 Å². The highest BCUT2D eigenvalue weighted by Gasteiger charge is 1.94. The summed E-state index contributed by atoms with van der Waals surface area (Å²) in [5.41, 5.74) is 2.82. The molecule has 0 spiro atoms. The predicted molar refractivity (Wildman–Crippen MR) is 73.1 cm³/mol. The minimum Gasteiger partial charge on any atom is -0.319 e. The maximum atomic E-state index is 3.16. The van der Waals surface area contributed by atoms with Gasteiger partial charge in [0.15, 0.2) is 0 Å². The molecule has 0 saturated carbocycles. The van der Waals surface area contributed by atoms with Gasteiger partial charge in [0.2, 0.25) is 0 Å². The molecule has 2 heteroatoms. The minimum atomic E-state index is 1.05. The lowest BCUT2D eigenvalue weighted by molar-refractivity contribution is 0.784. The Labute approximate surface area is 100 Å². The van der Waals surface area contributed by atoms with Crippen molar-refractivity contribution in [2.45, 2.75) is 26.7 Å². The van der Waals surface area contributed by atoms with Crippen LogP contribution in [0.3, 0.4) is 0 Å². The summed E-state index contributed by atoms with van der Waals surface area (Å²) >= 11 is 0. The standard InChI is InChI=1S/C12H20N2.C2H6/c1-13-9-7-11-3-5-12(6-4-11)8-10-14-2;1-2/h3-6,13-14H,7-10H2,1-2H3;1-2H3. The van der Waals surface area contributed by atoms with Crippen molar-refractivity contribution in [3.63, 3.8) is 0 Å². The molecule has 0 aliphatic carbocycles. The fourth-order valence-corrected chi connectivity index (χ4v) is 1.41. The molecule has 0 aliphatic heterocycles. The van der Waals surface area contributed by atoms with Gasteiger partial charge in [0.1, 0.15) is 0 Å². The van der Waals surface area contributed by atoms with Crippen LogP contribution in [0.4, 0.5) is 0 Å². The summed E-state index contributed by atoms with van der Waals surface area (Å²) in [6.07, 6.45) is 2.23. The topological polar surface area (TPSA) is 24.1 Å². The van der Waals surface area contributed by atoms with Crippen LogP contribution in [0.2, 0.25) is 0 Å². The first-order valence-corrected chi connectivity index (χ1v) is 6.24. The third-order valence-corrected chi connectivity index (χ3v) is 2.35. The maximum Gasteiger partial charge on any atom is -0.00114 e. The minimum absolute atomic E-state index is 1.05. The van der Waals surface area contributed by atoms with Crippen LogP contribution in [0, 0.1) is 0 Å². The second-order valence-electron chi connectivity index (χ2n) is 3.52. The van der Waals surface area contributed by atoms with Crippen LogP contribution in [0.1, 0.15) is 25.0 Å². The lowest BCUT2D eigenvalue weighted by atomic mass is 10.1. The van der Waals surface area contributed by atoms with Crippen LogP contribution in [0.5, 0.6) is 0 Å². The third kappa shape index (κ3) is 6.59. The summed E-state index contributed by atoms with van der Waals surface area (Å²) in [5, 5.41) is 6.31. The van der Waals surface area contributed by atoms with Gasteiger partial charge in [0.05, 0.1) is 0 Å². The summed E-state index contributed by atoms with van der Waals surface area (Å²) in [6.45, 7) is 6.10. The lowest BCUT2D eigenvalue weighted by Gasteiger charge is -2.03. The van der Waals surface area contributed by atoms with Crippen LogP contribution < -0.4 is 10.6 Å². The average Bonchev–Trinajstić information content (AvgIpc) is 2.37. The molecule has 0 bridgehead atoms. The normalized spacial score (nSPS) is 9.50. The van der Waals surface area contributed by atoms with E-state index in [1.807, 2.05) is 27.9 Å². The summed E-state index contributed by atoms with van der Waals surface area (Å²) in [5.74, 6) is 0. The third-order valence-electron chi connectivity index (χ3n) is 2.35. The molecule has 0 radical (unpaired) electrons. The molecule has 0 atom stereocenters. The molecule has 0 aliphatic rings. The molecule has 0 heterocycles. The fourth-order valence-electron chi connectivity index (χ4n) is 1.41. The fraction of sp³-hybridized carbons (Fsp3) is 0.571. The summed E-state index contributed by atoms with van der Waals surface area (Å²) in [7, 11) is 3.97. The molecule has 0 amide bonds. The molecule has 16 heavy (non-hydrogen) atoms. The Morgan fingerprint density at radius 2 is 1.06 bits per heavy atom. The van der Waals surface area contributed by atoms with Crippen molar-refractivity contribution in [2.24, 2.45) is 0 Å². The molecule has 1 aromatic carbocycles. The van der Waals surface area contributed by atoms with E-state index in [1.54, 1.807) is 0 Å². The smallest absolute Gasteiger partial charge is 0.00114 e. The average molecular weight is 222 g/mol. The molecular weight excluding hydrogens is 196 g/mol. The molecule has 92 valence electrons. The van der Waals surface area contributed by atoms with Crippen molar-refractivity contribution >= 4 is 0 Å². The largest absolute Gasteiger partial charge is 0.319 e. The van der Waals surface area contributed by atoms with E-state index in [-0.39, 0.29) is 0 Å². The maximum absolute atomic E-state index is 3.16. The summed E-state index contributed by atoms with van der Waals surface area (Å²) < 4.78 is 0. The van der Waals surface area contributed by atoms with Crippen molar-refractivity contribution in [3.8, 4) is 0 Å². The monoisotopic (exact) mass is 222 g/mol. The quantitative estimate of drug-likeness (QED) is 0.771. The molecule has 1 aromatic rings. The van der Waals surface area contributed by atoms with Crippen LogP contribution in [0.15, 0.2) is 24.3 Å². The highest BCUT2D eigenvalue weighted by Crippen LogP contribution is 2.05. The van der Waals surface area contributed by atoms with Crippen molar-refractivity contribution in [3.05, 3.63) is 35.4 Å². The zero-order valence-electron chi connectivity index (χ0n) is 11.1. The number of hydrogen-bond donors (Lipinski definition) is 2. The first-order chi connectivity index (χ1) is 7.86. The Bertz CT molecular complexity index is 214. The molecule has 0 aromatic heterocycles. The van der Waals surface area contributed by atoms with E-state index in [1.165, 1.54) is 11.1 Å². The van der Waals surface area contributed by atoms with E-state index in [2.05, 4.69) is 34.9 Å². The van der Waals surface area contributed by atoms with Gasteiger partial charge < -0.3 is 10.6 Å². The molecular formula is C14H26N2. The number of hydrogen-bond acceptors (Lipinski definition) is 2. The molecule has 0 saturated heterocycles. The van der Waals surface area contributed by atoms with Gasteiger partial charge in [0, 0.05) is 0 Å². The zero-order valence-corrected chi connectivity index (χ0v) is 11.1. The predicted octanol–water partition coefficient (Wildman–Crippen LogP) is 2.24. The van der Waals surface area contributed by atoms with Crippen LogP contribution in [0.25, 0.3) is 0 Å². The van der Waals surface area contributed by atoms with E-state index in [0.29, 0.717) is 0 Å². The summed E-state index contributed by atoms with van der Waals surface area (Å²) in [6, 6.07) is 8.90. The number of benzene rings is 1. The van der Waals surface area contributed by atoms with E-state index in [9.17, 15) is 0 Å². The van der Waals surface area contributed by atoms with E-state index in [0.717, 1.165) is 25.9 Å². The van der Waals surface area contributed by atoms with Crippen LogP contribution in [-0.2, 0) is 12.8 Å².